The van der Waals surface area contributed by atoms with Gasteiger partial charge in [0.25, 0.3) is 0 Å². The molecule has 3 N–H and O–H groups in total. The summed E-state index contributed by atoms with van der Waals surface area (Å²) in [4.78, 5) is 6.52. The van der Waals surface area contributed by atoms with Gasteiger partial charge in [-0.2, -0.15) is 0 Å². The lowest BCUT2D eigenvalue weighted by molar-refractivity contribution is 0.475. The van der Waals surface area contributed by atoms with E-state index < -0.39 is 0 Å². The topological polar surface area (TPSA) is 62.4 Å². The molecule has 0 amide bonds. The Bertz CT molecular complexity index is 579. The summed E-state index contributed by atoms with van der Waals surface area (Å²) < 4.78 is 0. The number of hydrogen-bond donors (Lipinski definition) is 2. The molecule has 2 rings (SSSR count). The molecule has 1 aromatic heterocycles. The molecule has 2 aromatic rings. The van der Waals surface area contributed by atoms with Crippen molar-refractivity contribution in [1.29, 1.82) is 0 Å². The van der Waals surface area contributed by atoms with E-state index in [1.165, 1.54) is 0 Å². The van der Waals surface area contributed by atoms with Crippen molar-refractivity contribution in [3.63, 3.8) is 0 Å². The highest BCUT2D eigenvalue weighted by Crippen LogP contribution is 2.22. The summed E-state index contributed by atoms with van der Waals surface area (Å²) in [5.41, 5.74) is 10.9. The Morgan fingerprint density at radius 2 is 1.84 bits per heavy atom. The zero-order chi connectivity index (χ0) is 14.0. The molecule has 0 radical (unpaired) electrons. The lowest BCUT2D eigenvalue weighted by atomic mass is 10.1. The van der Waals surface area contributed by atoms with Crippen molar-refractivity contribution in [2.75, 3.05) is 17.7 Å². The van der Waals surface area contributed by atoms with Gasteiger partial charge in [-0.25, -0.2) is 0 Å². The molecule has 0 unspecified atom stereocenters. The second kappa shape index (κ2) is 5.18. The summed E-state index contributed by atoms with van der Waals surface area (Å²) in [7, 11) is 1.99. The largest absolute Gasteiger partial charge is 0.508 e. The highest BCUT2D eigenvalue weighted by molar-refractivity contribution is 5.55. The number of nitrogens with zero attached hydrogens (tertiary/aromatic N) is 2. The van der Waals surface area contributed by atoms with Gasteiger partial charge in [0.2, 0.25) is 0 Å². The summed E-state index contributed by atoms with van der Waals surface area (Å²) in [6.07, 6.45) is 1.81. The van der Waals surface area contributed by atoms with E-state index in [1.807, 2.05) is 39.2 Å². The van der Waals surface area contributed by atoms with Crippen molar-refractivity contribution in [2.24, 2.45) is 0 Å². The molecule has 0 aliphatic rings. The number of benzene rings is 1. The van der Waals surface area contributed by atoms with Crippen LogP contribution in [0.25, 0.3) is 0 Å². The number of nitrogens with two attached hydrogens (primary N) is 1. The van der Waals surface area contributed by atoms with Gasteiger partial charge in [0.05, 0.1) is 12.2 Å². The van der Waals surface area contributed by atoms with Crippen LogP contribution in [0, 0.1) is 13.8 Å². The van der Waals surface area contributed by atoms with Crippen LogP contribution in [0.1, 0.15) is 16.8 Å². The number of anilines is 2. The average Bonchev–Trinajstić information content (AvgIpc) is 2.40. The van der Waals surface area contributed by atoms with E-state index in [9.17, 15) is 5.11 Å². The molecule has 100 valence electrons. The Kier molecular flexibility index (Phi) is 3.60. The van der Waals surface area contributed by atoms with E-state index in [0.717, 1.165) is 28.2 Å². The van der Waals surface area contributed by atoms with Crippen LogP contribution in [0.3, 0.4) is 0 Å². The van der Waals surface area contributed by atoms with Crippen molar-refractivity contribution in [1.82, 2.24) is 4.98 Å². The third kappa shape index (κ3) is 2.78. The minimum absolute atomic E-state index is 0.269. The third-order valence-electron chi connectivity index (χ3n) is 3.35. The van der Waals surface area contributed by atoms with Gasteiger partial charge in [0.15, 0.2) is 0 Å². The molecule has 0 aliphatic heterocycles. The van der Waals surface area contributed by atoms with Crippen LogP contribution in [0.5, 0.6) is 5.75 Å². The number of phenolic OH excluding ortho intramolecular Hbond substituents is 1. The first-order valence-corrected chi connectivity index (χ1v) is 6.19. The molecule has 0 fully saturated rings. The monoisotopic (exact) mass is 257 g/mol. The highest BCUT2D eigenvalue weighted by Gasteiger charge is 2.09. The van der Waals surface area contributed by atoms with Crippen LogP contribution in [0.2, 0.25) is 0 Å². The predicted molar refractivity (Wildman–Crippen MR) is 78.3 cm³/mol. The molecule has 1 aromatic carbocycles. The first kappa shape index (κ1) is 13.2. The van der Waals surface area contributed by atoms with Crippen LogP contribution in [0.15, 0.2) is 30.5 Å². The fraction of sp³-hybridized carbons (Fsp3) is 0.267. The summed E-state index contributed by atoms with van der Waals surface area (Å²) in [5.74, 6) is 0.269. The SMILES string of the molecule is Cc1cnc(CN(C)c2ccc(O)cc2)c(C)c1N. The van der Waals surface area contributed by atoms with Crippen LogP contribution in [-0.4, -0.2) is 17.1 Å². The summed E-state index contributed by atoms with van der Waals surface area (Å²) in [6, 6.07) is 7.11. The Morgan fingerprint density at radius 3 is 2.47 bits per heavy atom. The molecule has 0 aliphatic carbocycles. The Balaban J connectivity index is 2.21. The van der Waals surface area contributed by atoms with Crippen molar-refractivity contribution in [2.45, 2.75) is 20.4 Å². The van der Waals surface area contributed by atoms with Gasteiger partial charge in [0.1, 0.15) is 5.75 Å². The fourth-order valence-electron chi connectivity index (χ4n) is 1.97. The molecule has 1 heterocycles. The Morgan fingerprint density at radius 1 is 1.21 bits per heavy atom. The van der Waals surface area contributed by atoms with Crippen molar-refractivity contribution in [3.05, 3.63) is 47.3 Å². The lowest BCUT2D eigenvalue weighted by Crippen LogP contribution is -2.18. The maximum absolute atomic E-state index is 9.29. The molecule has 0 saturated carbocycles. The van der Waals surface area contributed by atoms with Crippen LogP contribution in [0.4, 0.5) is 11.4 Å². The fourth-order valence-corrected chi connectivity index (χ4v) is 1.97. The molecule has 0 spiro atoms. The smallest absolute Gasteiger partial charge is 0.115 e. The average molecular weight is 257 g/mol. The van der Waals surface area contributed by atoms with Crippen LogP contribution < -0.4 is 10.6 Å². The Labute approximate surface area is 113 Å². The summed E-state index contributed by atoms with van der Waals surface area (Å²) in [6.45, 7) is 4.64. The van der Waals surface area contributed by atoms with E-state index in [0.29, 0.717) is 6.54 Å². The van der Waals surface area contributed by atoms with Crippen molar-refractivity contribution in [3.8, 4) is 5.75 Å². The van der Waals surface area contributed by atoms with Crippen molar-refractivity contribution < 1.29 is 5.11 Å². The van der Waals surface area contributed by atoms with Gasteiger partial charge >= 0.3 is 0 Å². The molecular formula is C15H19N3O. The summed E-state index contributed by atoms with van der Waals surface area (Å²) in [5, 5.41) is 9.29. The molecule has 0 saturated heterocycles. The number of rotatable bonds is 3. The molecule has 4 nitrogen and oxygen atoms in total. The van der Waals surface area contributed by atoms with E-state index in [4.69, 9.17) is 5.73 Å². The van der Waals surface area contributed by atoms with Gasteiger partial charge in [-0.1, -0.05) is 0 Å². The number of phenols is 1. The lowest BCUT2D eigenvalue weighted by Gasteiger charge is -2.20. The van der Waals surface area contributed by atoms with E-state index in [-0.39, 0.29) is 5.75 Å². The van der Waals surface area contributed by atoms with Gasteiger partial charge in [-0.3, -0.25) is 4.98 Å². The molecular weight excluding hydrogens is 238 g/mol. The predicted octanol–water partition coefficient (Wildman–Crippen LogP) is 2.62. The standard InChI is InChI=1S/C15H19N3O/c1-10-8-17-14(11(2)15(10)16)9-18(3)12-4-6-13(19)7-5-12/h4-8,19H,9H2,1-3H3,(H2,16,17). The maximum Gasteiger partial charge on any atom is 0.115 e. The highest BCUT2D eigenvalue weighted by atomic mass is 16.3. The molecule has 4 heteroatoms. The van der Waals surface area contributed by atoms with E-state index >= 15 is 0 Å². The second-order valence-corrected chi connectivity index (χ2v) is 4.80. The van der Waals surface area contributed by atoms with Crippen LogP contribution >= 0.6 is 0 Å². The van der Waals surface area contributed by atoms with Gasteiger partial charge in [-0.05, 0) is 49.2 Å². The third-order valence-corrected chi connectivity index (χ3v) is 3.35. The maximum atomic E-state index is 9.29. The zero-order valence-electron chi connectivity index (χ0n) is 11.5. The number of aromatic hydroxyl groups is 1. The van der Waals surface area contributed by atoms with Gasteiger partial charge < -0.3 is 15.7 Å². The quantitative estimate of drug-likeness (QED) is 0.887. The first-order valence-electron chi connectivity index (χ1n) is 6.19. The normalized spacial score (nSPS) is 10.5. The number of pyridine rings is 1. The second-order valence-electron chi connectivity index (χ2n) is 4.80. The number of nitrogen functional groups attached to an aromatic ring is 1. The number of aryl methyl sites for hydroxylation is 1. The minimum atomic E-state index is 0.269. The van der Waals surface area contributed by atoms with Gasteiger partial charge in [-0.15, -0.1) is 0 Å². The molecule has 19 heavy (non-hydrogen) atoms. The summed E-state index contributed by atoms with van der Waals surface area (Å²) >= 11 is 0. The Hall–Kier alpha value is -2.23. The van der Waals surface area contributed by atoms with Crippen LogP contribution in [-0.2, 0) is 6.54 Å². The van der Waals surface area contributed by atoms with Crippen molar-refractivity contribution >= 4 is 11.4 Å². The number of aromatic nitrogens is 1. The zero-order valence-corrected chi connectivity index (χ0v) is 11.5. The van der Waals surface area contributed by atoms with E-state index in [1.54, 1.807) is 12.1 Å². The van der Waals surface area contributed by atoms with E-state index in [2.05, 4.69) is 9.88 Å². The first-order chi connectivity index (χ1) is 8.99. The van der Waals surface area contributed by atoms with Gasteiger partial charge in [0, 0.05) is 24.6 Å². The molecule has 0 bridgehead atoms. The molecule has 0 atom stereocenters. The number of hydrogen-bond acceptors (Lipinski definition) is 4. The minimum Gasteiger partial charge on any atom is -0.508 e.